The first kappa shape index (κ1) is 13.9. The molecule has 0 saturated heterocycles. The number of carbonyl (C=O) groups is 1. The minimum atomic E-state index is -1.04. The molecule has 1 aromatic heterocycles. The Hall–Kier alpha value is -2.11. The molecule has 6 heteroatoms. The Bertz CT molecular complexity index is 678. The summed E-state index contributed by atoms with van der Waals surface area (Å²) in [4.78, 5) is 21.6. The molecule has 1 atom stereocenters. The van der Waals surface area contributed by atoms with E-state index in [0.717, 1.165) is 12.8 Å². The molecule has 0 spiro atoms. The van der Waals surface area contributed by atoms with Crippen molar-refractivity contribution in [3.63, 3.8) is 0 Å². The third kappa shape index (κ3) is 2.24. The SMILES string of the molecule is CC(C)CCC(C)Cc1c(C(=O)O)c2c3ooc3c1OO2. The standard InChI is InChI=1S/C15H18O6/c1-7(2)4-5-8(3)6-9-10(15(16)17)12-14-13(20-21-14)11(9)18-19-12/h7-8H,4-6H2,1-3H3,(H,16,17). The Morgan fingerprint density at radius 3 is 2.24 bits per heavy atom. The summed E-state index contributed by atoms with van der Waals surface area (Å²) in [6.45, 7) is 6.46. The van der Waals surface area contributed by atoms with E-state index in [4.69, 9.17) is 18.9 Å². The van der Waals surface area contributed by atoms with Crippen LogP contribution in [0.3, 0.4) is 0 Å². The maximum atomic E-state index is 11.5. The van der Waals surface area contributed by atoms with Gasteiger partial charge in [0.15, 0.2) is 0 Å². The van der Waals surface area contributed by atoms with E-state index in [9.17, 15) is 9.90 Å². The Labute approximate surface area is 121 Å². The van der Waals surface area contributed by atoms with E-state index in [0.29, 0.717) is 40.7 Å². The molecule has 0 amide bonds. The number of rotatable bonds is 6. The molecule has 0 fully saturated rings. The zero-order valence-corrected chi connectivity index (χ0v) is 12.3. The predicted molar refractivity (Wildman–Crippen MR) is 73.6 cm³/mol. The van der Waals surface area contributed by atoms with Crippen LogP contribution >= 0.6 is 0 Å². The maximum Gasteiger partial charge on any atom is 0.340 e. The van der Waals surface area contributed by atoms with Crippen molar-refractivity contribution in [2.75, 3.05) is 0 Å². The fourth-order valence-electron chi connectivity index (χ4n) is 2.65. The first-order chi connectivity index (χ1) is 9.99. The van der Waals surface area contributed by atoms with Crippen molar-refractivity contribution < 1.29 is 28.8 Å². The average molecular weight is 294 g/mol. The molecule has 1 aromatic carbocycles. The highest BCUT2D eigenvalue weighted by molar-refractivity contribution is 6.02. The molecule has 0 saturated carbocycles. The summed E-state index contributed by atoms with van der Waals surface area (Å²) < 4.78 is 9.70. The second-order valence-corrected chi connectivity index (χ2v) is 6.09. The van der Waals surface area contributed by atoms with Gasteiger partial charge in [-0.25, -0.2) is 4.79 Å². The van der Waals surface area contributed by atoms with Crippen molar-refractivity contribution >= 4 is 17.1 Å². The molecule has 6 nitrogen and oxygen atoms in total. The Balaban J connectivity index is 1.93. The van der Waals surface area contributed by atoms with Crippen LogP contribution in [0.2, 0.25) is 0 Å². The summed E-state index contributed by atoms with van der Waals surface area (Å²) in [5, 5.41) is 9.44. The van der Waals surface area contributed by atoms with Crippen LogP contribution < -0.4 is 9.78 Å². The number of carboxylic acid groups (broad SMARTS) is 1. The fraction of sp³-hybridized carbons (Fsp3) is 0.533. The van der Waals surface area contributed by atoms with Gasteiger partial charge in [0.25, 0.3) is 11.2 Å². The highest BCUT2D eigenvalue weighted by atomic mass is 17.2. The molecule has 3 heterocycles. The number of carboxylic acids is 1. The van der Waals surface area contributed by atoms with E-state index in [1.807, 2.05) is 0 Å². The van der Waals surface area contributed by atoms with Crippen molar-refractivity contribution in [3.05, 3.63) is 11.1 Å². The second kappa shape index (κ2) is 5.02. The number of hydrogen-bond donors (Lipinski definition) is 1. The van der Waals surface area contributed by atoms with E-state index in [1.54, 1.807) is 0 Å². The van der Waals surface area contributed by atoms with Crippen molar-refractivity contribution in [1.29, 1.82) is 0 Å². The molecule has 2 aliphatic rings. The molecular formula is C15H18O6. The molecule has 2 aromatic rings. The van der Waals surface area contributed by atoms with Crippen LogP contribution in [0.4, 0.5) is 0 Å². The lowest BCUT2D eigenvalue weighted by Crippen LogP contribution is -2.20. The van der Waals surface area contributed by atoms with Crippen LogP contribution in [0.5, 0.6) is 11.5 Å². The second-order valence-electron chi connectivity index (χ2n) is 6.09. The minimum absolute atomic E-state index is 0.102. The topological polar surface area (TPSA) is 82.0 Å². The van der Waals surface area contributed by atoms with Crippen LogP contribution in [0.1, 0.15) is 49.5 Å². The van der Waals surface area contributed by atoms with Crippen molar-refractivity contribution in [3.8, 4) is 11.5 Å². The summed E-state index contributed by atoms with van der Waals surface area (Å²) in [7, 11) is 0. The first-order valence-electron chi connectivity index (χ1n) is 7.14. The minimum Gasteiger partial charge on any atom is -0.478 e. The zero-order chi connectivity index (χ0) is 15.1. The molecular weight excluding hydrogens is 276 g/mol. The monoisotopic (exact) mass is 294 g/mol. The lowest BCUT2D eigenvalue weighted by atomic mass is 9.90. The van der Waals surface area contributed by atoms with Gasteiger partial charge in [0.1, 0.15) is 5.56 Å². The lowest BCUT2D eigenvalue weighted by Gasteiger charge is -2.24. The molecule has 0 aliphatic carbocycles. The molecule has 114 valence electrons. The van der Waals surface area contributed by atoms with Gasteiger partial charge in [-0.05, 0) is 18.3 Å². The van der Waals surface area contributed by atoms with E-state index in [1.165, 1.54) is 0 Å². The largest absolute Gasteiger partial charge is 0.478 e. The van der Waals surface area contributed by atoms with E-state index >= 15 is 0 Å². The number of hydrogen-bond acceptors (Lipinski definition) is 5. The Morgan fingerprint density at radius 2 is 1.67 bits per heavy atom. The molecule has 0 radical (unpaired) electrons. The van der Waals surface area contributed by atoms with Gasteiger partial charge in [-0.2, -0.15) is 0 Å². The van der Waals surface area contributed by atoms with E-state index in [-0.39, 0.29) is 11.3 Å². The first-order valence-corrected chi connectivity index (χ1v) is 7.14. The van der Waals surface area contributed by atoms with Crippen LogP contribution in [-0.2, 0) is 6.42 Å². The summed E-state index contributed by atoms with van der Waals surface area (Å²) in [5.74, 6) is 0.365. The van der Waals surface area contributed by atoms with Crippen molar-refractivity contribution in [2.45, 2.75) is 40.0 Å². The van der Waals surface area contributed by atoms with E-state index in [2.05, 4.69) is 20.8 Å². The smallest absolute Gasteiger partial charge is 0.340 e. The van der Waals surface area contributed by atoms with Crippen molar-refractivity contribution in [2.24, 2.45) is 11.8 Å². The summed E-state index contributed by atoms with van der Waals surface area (Å²) in [5.41, 5.74) is 1.50. The van der Waals surface area contributed by atoms with Crippen LogP contribution in [0.15, 0.2) is 9.15 Å². The Morgan fingerprint density at radius 1 is 1.05 bits per heavy atom. The Kier molecular flexibility index (Phi) is 3.31. The lowest BCUT2D eigenvalue weighted by molar-refractivity contribution is -0.117. The van der Waals surface area contributed by atoms with Gasteiger partial charge in [-0.3, -0.25) is 18.9 Å². The fourth-order valence-corrected chi connectivity index (χ4v) is 2.65. The normalized spacial score (nSPS) is 14.5. The molecule has 1 unspecified atom stereocenters. The predicted octanol–water partition coefficient (Wildman–Crippen LogP) is 4.03. The summed E-state index contributed by atoms with van der Waals surface area (Å²) in [6.07, 6.45) is 2.74. The summed E-state index contributed by atoms with van der Waals surface area (Å²) in [6, 6.07) is 0. The van der Waals surface area contributed by atoms with Crippen LogP contribution in [-0.4, -0.2) is 11.1 Å². The third-order valence-corrected chi connectivity index (χ3v) is 3.84. The van der Waals surface area contributed by atoms with Gasteiger partial charge >= 0.3 is 5.97 Å². The van der Waals surface area contributed by atoms with Gasteiger partial charge in [-0.15, -0.1) is 0 Å². The molecule has 2 aliphatic heterocycles. The van der Waals surface area contributed by atoms with Crippen LogP contribution in [0.25, 0.3) is 11.2 Å². The number of fused-ring (bicyclic) bond motifs is 2. The number of aromatic carboxylic acids is 1. The van der Waals surface area contributed by atoms with Gasteiger partial charge in [0.05, 0.1) is 0 Å². The number of benzene rings is 1. The molecule has 2 bridgehead atoms. The van der Waals surface area contributed by atoms with E-state index < -0.39 is 5.97 Å². The molecule has 21 heavy (non-hydrogen) atoms. The van der Waals surface area contributed by atoms with Gasteiger partial charge in [-0.1, -0.05) is 33.6 Å². The summed E-state index contributed by atoms with van der Waals surface area (Å²) >= 11 is 0. The van der Waals surface area contributed by atoms with Crippen molar-refractivity contribution in [1.82, 2.24) is 0 Å². The molecule has 4 rings (SSSR count). The maximum absolute atomic E-state index is 11.5. The van der Waals surface area contributed by atoms with Crippen LogP contribution in [0, 0.1) is 11.8 Å². The quantitative estimate of drug-likeness (QED) is 0.810. The third-order valence-electron chi connectivity index (χ3n) is 3.84. The van der Waals surface area contributed by atoms with Gasteiger partial charge < -0.3 is 5.11 Å². The highest BCUT2D eigenvalue weighted by Crippen LogP contribution is 2.48. The van der Waals surface area contributed by atoms with Gasteiger partial charge in [0.2, 0.25) is 11.5 Å². The van der Waals surface area contributed by atoms with Gasteiger partial charge in [0, 0.05) is 5.56 Å². The molecule has 1 N–H and O–H groups in total. The average Bonchev–Trinajstić information content (AvgIpc) is 2.36. The zero-order valence-electron chi connectivity index (χ0n) is 12.3. The highest BCUT2D eigenvalue weighted by Gasteiger charge is 2.38.